The summed E-state index contributed by atoms with van der Waals surface area (Å²) in [7, 11) is -2.06. The van der Waals surface area contributed by atoms with Crippen molar-refractivity contribution in [3.63, 3.8) is 0 Å². The molecule has 1 N–H and O–H groups in total. The molecule has 1 fully saturated rings. The maximum atomic E-state index is 15.6. The normalized spacial score (nSPS) is 15.4. The highest BCUT2D eigenvalue weighted by molar-refractivity contribution is 6.74. The van der Waals surface area contributed by atoms with E-state index in [9.17, 15) is 0 Å². The minimum absolute atomic E-state index is 0.0109. The standard InChI is InChI=1S/C33H46F2N8OSi/c1-9-41-10-12-42(13-11-41)20-23-17-37-32(38-18-23)39-29-16-25(27(35)19-36-29)24-14-26(34)31-28(15-24)43(22(2)3)30(40-31)21-44-45(7,8)33(4,5)6/h14-19,22H,9-13,20-21H2,1-8H3,(H,36,37,38,39). The van der Waals surface area contributed by atoms with Crippen molar-refractivity contribution in [2.24, 2.45) is 0 Å². The van der Waals surface area contributed by atoms with Gasteiger partial charge < -0.3 is 19.2 Å². The molecule has 0 bridgehead atoms. The van der Waals surface area contributed by atoms with E-state index in [2.05, 4.69) is 75.8 Å². The van der Waals surface area contributed by atoms with E-state index in [1.807, 2.05) is 18.4 Å². The van der Waals surface area contributed by atoms with Crippen LogP contribution < -0.4 is 5.32 Å². The predicted octanol–water partition coefficient (Wildman–Crippen LogP) is 7.15. The van der Waals surface area contributed by atoms with E-state index in [4.69, 9.17) is 4.43 Å². The number of imidazole rings is 1. The lowest BCUT2D eigenvalue weighted by Gasteiger charge is -2.36. The first kappa shape index (κ1) is 33.1. The number of hydrogen-bond donors (Lipinski definition) is 1. The van der Waals surface area contributed by atoms with Crippen molar-refractivity contribution < 1.29 is 13.2 Å². The molecule has 9 nitrogen and oxygen atoms in total. The molecule has 0 amide bonds. The summed E-state index contributed by atoms with van der Waals surface area (Å²) in [4.78, 5) is 22.6. The molecule has 45 heavy (non-hydrogen) atoms. The number of likely N-dealkylation sites (N-methyl/N-ethyl adjacent to an activating group) is 1. The van der Waals surface area contributed by atoms with E-state index in [-0.39, 0.29) is 28.8 Å². The van der Waals surface area contributed by atoms with Crippen LogP contribution in [0.2, 0.25) is 18.1 Å². The molecule has 4 heterocycles. The highest BCUT2D eigenvalue weighted by Crippen LogP contribution is 2.38. The second-order valence-electron chi connectivity index (χ2n) is 13.7. The molecular formula is C33H46F2N8OSi. The second-order valence-corrected chi connectivity index (χ2v) is 18.5. The Bertz CT molecular complexity index is 1630. The molecule has 0 unspecified atom stereocenters. The van der Waals surface area contributed by atoms with Gasteiger partial charge >= 0.3 is 0 Å². The minimum Gasteiger partial charge on any atom is -0.409 e. The average molecular weight is 637 g/mol. The lowest BCUT2D eigenvalue weighted by atomic mass is 10.0. The molecule has 0 saturated carbocycles. The van der Waals surface area contributed by atoms with Crippen molar-refractivity contribution in [2.75, 3.05) is 38.0 Å². The van der Waals surface area contributed by atoms with Crippen LogP contribution in [-0.4, -0.2) is 75.3 Å². The lowest BCUT2D eigenvalue weighted by molar-refractivity contribution is 0.132. The number of piperazine rings is 1. The van der Waals surface area contributed by atoms with Gasteiger partial charge in [0.1, 0.15) is 23.0 Å². The molecule has 1 saturated heterocycles. The summed E-state index contributed by atoms with van der Waals surface area (Å²) in [6, 6.07) is 4.66. The number of halogens is 2. The quantitative estimate of drug-likeness (QED) is 0.184. The Morgan fingerprint density at radius 3 is 2.22 bits per heavy atom. The third-order valence-electron chi connectivity index (χ3n) is 9.14. The summed E-state index contributed by atoms with van der Waals surface area (Å²) in [5.41, 5.74) is 2.47. The van der Waals surface area contributed by atoms with Crippen LogP contribution in [0.15, 0.2) is 36.8 Å². The summed E-state index contributed by atoms with van der Waals surface area (Å²) in [5, 5.41) is 3.10. The number of nitrogens with one attached hydrogen (secondary N) is 1. The Morgan fingerprint density at radius 2 is 1.60 bits per heavy atom. The number of benzene rings is 1. The van der Waals surface area contributed by atoms with Gasteiger partial charge in [0.2, 0.25) is 5.95 Å². The molecule has 5 rings (SSSR count). The first-order valence-electron chi connectivity index (χ1n) is 15.8. The van der Waals surface area contributed by atoms with E-state index in [1.54, 1.807) is 24.5 Å². The molecule has 12 heteroatoms. The fourth-order valence-electron chi connectivity index (χ4n) is 5.36. The highest BCUT2D eigenvalue weighted by atomic mass is 28.4. The van der Waals surface area contributed by atoms with Gasteiger partial charge in [-0.2, -0.15) is 0 Å². The van der Waals surface area contributed by atoms with Crippen molar-refractivity contribution in [3.8, 4) is 11.1 Å². The van der Waals surface area contributed by atoms with E-state index >= 15 is 8.78 Å². The molecule has 1 aliphatic rings. The van der Waals surface area contributed by atoms with Crippen LogP contribution >= 0.6 is 0 Å². The fraction of sp³-hybridized carbons (Fsp3) is 0.515. The largest absolute Gasteiger partial charge is 0.409 e. The number of fused-ring (bicyclic) bond motifs is 1. The van der Waals surface area contributed by atoms with Gasteiger partial charge in [0.25, 0.3) is 0 Å². The summed E-state index contributed by atoms with van der Waals surface area (Å²) < 4.78 is 39.2. The first-order valence-corrected chi connectivity index (χ1v) is 18.7. The van der Waals surface area contributed by atoms with Gasteiger partial charge in [-0.15, -0.1) is 0 Å². The zero-order chi connectivity index (χ0) is 32.5. The van der Waals surface area contributed by atoms with Gasteiger partial charge in [-0.25, -0.2) is 28.7 Å². The fourth-order valence-corrected chi connectivity index (χ4v) is 6.28. The van der Waals surface area contributed by atoms with Gasteiger partial charge in [-0.3, -0.25) is 4.90 Å². The van der Waals surface area contributed by atoms with Crippen LogP contribution in [0.3, 0.4) is 0 Å². The highest BCUT2D eigenvalue weighted by Gasteiger charge is 2.37. The Hall–Kier alpha value is -3.32. The number of aromatic nitrogens is 5. The van der Waals surface area contributed by atoms with Crippen molar-refractivity contribution in [1.29, 1.82) is 0 Å². The van der Waals surface area contributed by atoms with Gasteiger partial charge in [0, 0.05) is 62.3 Å². The summed E-state index contributed by atoms with van der Waals surface area (Å²) in [6.07, 6.45) is 4.73. The van der Waals surface area contributed by atoms with Gasteiger partial charge in [-0.05, 0) is 62.3 Å². The van der Waals surface area contributed by atoms with Crippen molar-refractivity contribution in [3.05, 3.63) is 59.8 Å². The Kier molecular flexibility index (Phi) is 9.69. The number of rotatable bonds is 10. The topological polar surface area (TPSA) is 84.2 Å². The molecule has 0 radical (unpaired) electrons. The number of hydrogen-bond acceptors (Lipinski definition) is 8. The van der Waals surface area contributed by atoms with Crippen LogP contribution in [0.4, 0.5) is 20.5 Å². The van der Waals surface area contributed by atoms with Crippen molar-refractivity contribution >= 4 is 31.1 Å². The smallest absolute Gasteiger partial charge is 0.228 e. The molecule has 0 atom stereocenters. The van der Waals surface area contributed by atoms with Crippen LogP contribution in [0.1, 0.15) is 59.0 Å². The third-order valence-corrected chi connectivity index (χ3v) is 13.6. The van der Waals surface area contributed by atoms with Crippen molar-refractivity contribution in [1.82, 2.24) is 34.3 Å². The van der Waals surface area contributed by atoms with Crippen LogP contribution in [0.5, 0.6) is 0 Å². The van der Waals surface area contributed by atoms with Gasteiger partial charge in [0.05, 0.1) is 18.3 Å². The van der Waals surface area contributed by atoms with E-state index < -0.39 is 20.0 Å². The molecule has 1 aliphatic heterocycles. The maximum absolute atomic E-state index is 15.6. The maximum Gasteiger partial charge on any atom is 0.228 e. The third kappa shape index (κ3) is 7.40. The van der Waals surface area contributed by atoms with E-state index in [1.165, 1.54) is 6.07 Å². The summed E-state index contributed by atoms with van der Waals surface area (Å²) in [5.74, 6) is 0.288. The molecule has 0 aliphatic carbocycles. The summed E-state index contributed by atoms with van der Waals surface area (Å²) >= 11 is 0. The molecule has 1 aromatic carbocycles. The monoisotopic (exact) mass is 636 g/mol. The Balaban J connectivity index is 1.37. The molecule has 0 spiro atoms. The second kappa shape index (κ2) is 13.2. The van der Waals surface area contributed by atoms with Gasteiger partial charge in [-0.1, -0.05) is 27.7 Å². The number of anilines is 2. The molecule has 242 valence electrons. The first-order chi connectivity index (χ1) is 21.3. The lowest BCUT2D eigenvalue weighted by Crippen LogP contribution is -2.45. The Morgan fingerprint density at radius 1 is 0.933 bits per heavy atom. The minimum atomic E-state index is -2.06. The average Bonchev–Trinajstić information content (AvgIpc) is 3.37. The van der Waals surface area contributed by atoms with E-state index in [0.29, 0.717) is 28.7 Å². The zero-order valence-corrected chi connectivity index (χ0v) is 28.8. The Labute approximate surface area is 266 Å². The predicted molar refractivity (Wildman–Crippen MR) is 178 cm³/mol. The van der Waals surface area contributed by atoms with Crippen LogP contribution in [0, 0.1) is 11.6 Å². The van der Waals surface area contributed by atoms with Crippen molar-refractivity contribution in [2.45, 2.75) is 78.9 Å². The SMILES string of the molecule is CCN1CCN(Cc2cnc(Nc3cc(-c4cc(F)c5nc(CO[Si](C)(C)C(C)(C)C)n(C(C)C)c5c4)c(F)cn3)nc2)CC1. The van der Waals surface area contributed by atoms with Crippen LogP contribution in [0.25, 0.3) is 22.2 Å². The zero-order valence-electron chi connectivity index (χ0n) is 27.8. The summed E-state index contributed by atoms with van der Waals surface area (Å²) in [6.45, 7) is 23.5. The molecular weight excluding hydrogens is 591 g/mol. The van der Waals surface area contributed by atoms with Crippen LogP contribution in [-0.2, 0) is 17.6 Å². The number of nitrogens with zero attached hydrogens (tertiary/aromatic N) is 7. The molecule has 4 aromatic rings. The number of pyridine rings is 1. The molecule has 3 aromatic heterocycles. The van der Waals surface area contributed by atoms with E-state index in [0.717, 1.165) is 51.0 Å². The van der Waals surface area contributed by atoms with Gasteiger partial charge in [0.15, 0.2) is 14.1 Å².